The van der Waals surface area contributed by atoms with Gasteiger partial charge < -0.3 is 16.0 Å². The van der Waals surface area contributed by atoms with Gasteiger partial charge in [0.05, 0.1) is 17.6 Å². The highest BCUT2D eigenvalue weighted by molar-refractivity contribution is 9.10. The molecule has 0 aliphatic rings. The van der Waals surface area contributed by atoms with E-state index in [1.165, 1.54) is 0 Å². The zero-order valence-corrected chi connectivity index (χ0v) is 20.1. The molecule has 1 atom stereocenters. The predicted molar refractivity (Wildman–Crippen MR) is 132 cm³/mol. The lowest BCUT2D eigenvalue weighted by atomic mass is 10.1. The molecule has 0 aliphatic carbocycles. The van der Waals surface area contributed by atoms with Crippen LogP contribution in [-0.4, -0.2) is 45.5 Å². The van der Waals surface area contributed by atoms with Crippen molar-refractivity contribution in [2.75, 3.05) is 30.7 Å². The average Bonchev–Trinajstić information content (AvgIpc) is 2.71. The van der Waals surface area contributed by atoms with Gasteiger partial charge in [-0.25, -0.2) is 15.0 Å². The zero-order valence-electron chi connectivity index (χ0n) is 17.7. The van der Waals surface area contributed by atoms with Crippen molar-refractivity contribution in [3.05, 3.63) is 41.0 Å². The Hall–Kier alpha value is -1.96. The minimum absolute atomic E-state index is 0. The Labute approximate surface area is 193 Å². The molecule has 8 heteroatoms. The van der Waals surface area contributed by atoms with Crippen LogP contribution < -0.4 is 11.1 Å². The molecule has 2 heterocycles. The molecule has 0 amide bonds. The van der Waals surface area contributed by atoms with Gasteiger partial charge in [-0.3, -0.25) is 0 Å². The topological polar surface area (TPSA) is 80.0 Å². The molecule has 3 rings (SSSR count). The Bertz CT molecular complexity index is 946. The van der Waals surface area contributed by atoms with Crippen molar-refractivity contribution in [3.63, 3.8) is 0 Å². The van der Waals surface area contributed by atoms with Crippen molar-refractivity contribution in [2.45, 2.75) is 39.7 Å². The number of nitrogen functional groups attached to an aromatic ring is 1. The molecule has 2 aromatic heterocycles. The highest BCUT2D eigenvalue weighted by Crippen LogP contribution is 2.26. The second-order valence-electron chi connectivity index (χ2n) is 7.24. The quantitative estimate of drug-likeness (QED) is 0.416. The van der Waals surface area contributed by atoms with Gasteiger partial charge in [-0.05, 0) is 51.5 Å². The standard InChI is InChI=1S/C22H29BrN6.ClH/c1-4-29(5-2)12-6-7-15(3)26-18-13-20(24)28-22-21(18)25-14-19(27-22)16-8-10-17(23)11-9-16;/h8-11,13-15H,4-7,12H2,1-3H3,(H3,24,26,27,28);1H. The van der Waals surface area contributed by atoms with Crippen molar-refractivity contribution in [3.8, 4) is 11.3 Å². The van der Waals surface area contributed by atoms with E-state index >= 15 is 0 Å². The molecule has 0 fully saturated rings. The first-order valence-electron chi connectivity index (χ1n) is 10.2. The van der Waals surface area contributed by atoms with Crippen LogP contribution >= 0.6 is 28.3 Å². The Morgan fingerprint density at radius 2 is 1.83 bits per heavy atom. The lowest BCUT2D eigenvalue weighted by Crippen LogP contribution is -2.25. The van der Waals surface area contributed by atoms with E-state index in [1.807, 2.05) is 30.3 Å². The minimum atomic E-state index is 0. The molecular formula is C22H30BrClN6. The van der Waals surface area contributed by atoms with Gasteiger partial charge in [0.25, 0.3) is 0 Å². The molecule has 0 radical (unpaired) electrons. The van der Waals surface area contributed by atoms with Crippen molar-refractivity contribution in [1.29, 1.82) is 0 Å². The van der Waals surface area contributed by atoms with Crippen LogP contribution in [0.3, 0.4) is 0 Å². The van der Waals surface area contributed by atoms with Gasteiger partial charge in [0.1, 0.15) is 11.3 Å². The van der Waals surface area contributed by atoms with Crippen molar-refractivity contribution >= 4 is 51.0 Å². The lowest BCUT2D eigenvalue weighted by Gasteiger charge is -2.20. The highest BCUT2D eigenvalue weighted by Gasteiger charge is 2.12. The maximum atomic E-state index is 6.05. The Morgan fingerprint density at radius 1 is 1.13 bits per heavy atom. The van der Waals surface area contributed by atoms with Gasteiger partial charge in [-0.1, -0.05) is 41.9 Å². The smallest absolute Gasteiger partial charge is 0.182 e. The molecule has 0 spiro atoms. The van der Waals surface area contributed by atoms with E-state index in [-0.39, 0.29) is 12.4 Å². The number of fused-ring (bicyclic) bond motifs is 1. The number of anilines is 2. The average molecular weight is 494 g/mol. The Balaban J connectivity index is 0.00000320. The van der Waals surface area contributed by atoms with E-state index < -0.39 is 0 Å². The van der Waals surface area contributed by atoms with Crippen LogP contribution in [0.25, 0.3) is 22.4 Å². The van der Waals surface area contributed by atoms with E-state index in [0.29, 0.717) is 17.5 Å². The Morgan fingerprint density at radius 3 is 2.50 bits per heavy atom. The predicted octanol–water partition coefficient (Wildman–Crippen LogP) is 5.38. The van der Waals surface area contributed by atoms with E-state index in [2.05, 4.69) is 56.9 Å². The summed E-state index contributed by atoms with van der Waals surface area (Å²) < 4.78 is 1.03. The normalized spacial score (nSPS) is 12.0. The molecule has 3 N–H and O–H groups in total. The summed E-state index contributed by atoms with van der Waals surface area (Å²) in [6.45, 7) is 9.92. The summed E-state index contributed by atoms with van der Waals surface area (Å²) in [6.07, 6.45) is 4.01. The number of pyridine rings is 1. The number of aromatic nitrogens is 3. The molecule has 30 heavy (non-hydrogen) atoms. The number of benzene rings is 1. The zero-order chi connectivity index (χ0) is 20.8. The summed E-state index contributed by atoms with van der Waals surface area (Å²) in [7, 11) is 0. The lowest BCUT2D eigenvalue weighted by molar-refractivity contribution is 0.295. The third-order valence-electron chi connectivity index (χ3n) is 5.08. The molecule has 162 valence electrons. The van der Waals surface area contributed by atoms with Crippen LogP contribution in [0.4, 0.5) is 11.5 Å². The van der Waals surface area contributed by atoms with Crippen LogP contribution in [0, 0.1) is 0 Å². The number of hydrogen-bond acceptors (Lipinski definition) is 6. The molecule has 6 nitrogen and oxygen atoms in total. The highest BCUT2D eigenvalue weighted by atomic mass is 79.9. The van der Waals surface area contributed by atoms with Crippen LogP contribution in [0.1, 0.15) is 33.6 Å². The molecule has 1 aromatic carbocycles. The largest absolute Gasteiger partial charge is 0.384 e. The number of halogens is 2. The van der Waals surface area contributed by atoms with Crippen LogP contribution in [0.15, 0.2) is 41.0 Å². The number of nitrogens with two attached hydrogens (primary N) is 1. The number of nitrogens with one attached hydrogen (secondary N) is 1. The van der Waals surface area contributed by atoms with Gasteiger partial charge in [0.2, 0.25) is 0 Å². The summed E-state index contributed by atoms with van der Waals surface area (Å²) in [4.78, 5) is 16.2. The number of rotatable bonds is 9. The molecular weight excluding hydrogens is 464 g/mol. The summed E-state index contributed by atoms with van der Waals surface area (Å²) in [5.74, 6) is 0.442. The van der Waals surface area contributed by atoms with E-state index in [4.69, 9.17) is 10.7 Å². The van der Waals surface area contributed by atoms with E-state index in [1.54, 1.807) is 6.20 Å². The number of nitrogens with zero attached hydrogens (tertiary/aromatic N) is 4. The molecule has 3 aromatic rings. The second kappa shape index (κ2) is 11.4. The van der Waals surface area contributed by atoms with Crippen molar-refractivity contribution in [1.82, 2.24) is 19.9 Å². The first-order valence-corrected chi connectivity index (χ1v) is 11.0. The van der Waals surface area contributed by atoms with Gasteiger partial charge in [0.15, 0.2) is 5.65 Å². The fourth-order valence-electron chi connectivity index (χ4n) is 3.39. The fraction of sp³-hybridized carbons (Fsp3) is 0.409. The Kier molecular flexibility index (Phi) is 9.27. The third-order valence-corrected chi connectivity index (χ3v) is 5.61. The van der Waals surface area contributed by atoms with Crippen LogP contribution in [-0.2, 0) is 0 Å². The minimum Gasteiger partial charge on any atom is -0.384 e. The molecule has 0 bridgehead atoms. The van der Waals surface area contributed by atoms with Crippen molar-refractivity contribution in [2.24, 2.45) is 0 Å². The molecule has 0 saturated carbocycles. The first kappa shape index (κ1) is 24.3. The van der Waals surface area contributed by atoms with E-state index in [9.17, 15) is 0 Å². The SMILES string of the molecule is CCN(CC)CCCC(C)Nc1cc(N)nc2nc(-c3ccc(Br)cc3)cnc12.Cl. The summed E-state index contributed by atoms with van der Waals surface area (Å²) in [5.41, 5.74) is 10.0. The maximum absolute atomic E-state index is 6.05. The van der Waals surface area contributed by atoms with E-state index in [0.717, 1.165) is 59.4 Å². The fourth-order valence-corrected chi connectivity index (χ4v) is 3.65. The number of hydrogen-bond donors (Lipinski definition) is 2. The van der Waals surface area contributed by atoms with Gasteiger partial charge in [-0.2, -0.15) is 0 Å². The summed E-state index contributed by atoms with van der Waals surface area (Å²) >= 11 is 3.46. The van der Waals surface area contributed by atoms with Gasteiger partial charge >= 0.3 is 0 Å². The van der Waals surface area contributed by atoms with Crippen LogP contribution in [0.5, 0.6) is 0 Å². The first-order chi connectivity index (χ1) is 14.0. The van der Waals surface area contributed by atoms with Crippen LogP contribution in [0.2, 0.25) is 0 Å². The van der Waals surface area contributed by atoms with Gasteiger partial charge in [0, 0.05) is 22.1 Å². The summed E-state index contributed by atoms with van der Waals surface area (Å²) in [6, 6.07) is 10.1. The van der Waals surface area contributed by atoms with Crippen molar-refractivity contribution < 1.29 is 0 Å². The second-order valence-corrected chi connectivity index (χ2v) is 8.16. The summed E-state index contributed by atoms with van der Waals surface area (Å²) in [5, 5.41) is 3.55. The molecule has 0 saturated heterocycles. The molecule has 0 aliphatic heterocycles. The third kappa shape index (κ3) is 6.27. The molecule has 1 unspecified atom stereocenters. The van der Waals surface area contributed by atoms with Gasteiger partial charge in [-0.15, -0.1) is 12.4 Å². The monoisotopic (exact) mass is 492 g/mol. The maximum Gasteiger partial charge on any atom is 0.182 e.